The van der Waals surface area contributed by atoms with Gasteiger partial charge in [-0.05, 0) is 38.9 Å². The summed E-state index contributed by atoms with van der Waals surface area (Å²) in [7, 11) is 0. The van der Waals surface area contributed by atoms with E-state index >= 15 is 0 Å². The second-order valence-electron chi connectivity index (χ2n) is 2.25. The maximum Gasteiger partial charge on any atom is -0.00484 e. The minimum Gasteiger partial charge on any atom is -0.330 e. The highest BCUT2D eigenvalue weighted by molar-refractivity contribution is 4.55. The van der Waals surface area contributed by atoms with Crippen molar-refractivity contribution >= 4 is 0 Å². The molecule has 1 saturated heterocycles. The summed E-state index contributed by atoms with van der Waals surface area (Å²) >= 11 is 0. The Bertz CT molecular complexity index is 32.6. The molecule has 0 radical (unpaired) electrons. The van der Waals surface area contributed by atoms with Crippen LogP contribution in [0.1, 0.15) is 26.2 Å². The molecule has 1 heterocycles. The molecule has 2 nitrogen and oxygen atoms in total. The van der Waals surface area contributed by atoms with E-state index in [1.807, 2.05) is 0 Å². The van der Waals surface area contributed by atoms with Crippen molar-refractivity contribution in [1.82, 2.24) is 5.32 Å². The second-order valence-corrected chi connectivity index (χ2v) is 2.25. The molecule has 1 fully saturated rings. The van der Waals surface area contributed by atoms with Crippen LogP contribution < -0.4 is 11.1 Å². The lowest BCUT2D eigenvalue weighted by Gasteiger charge is -1.76. The van der Waals surface area contributed by atoms with Crippen molar-refractivity contribution in [1.29, 1.82) is 0 Å². The van der Waals surface area contributed by atoms with Gasteiger partial charge in [-0.25, -0.2) is 0 Å². The molecule has 0 aromatic carbocycles. The van der Waals surface area contributed by atoms with Gasteiger partial charge < -0.3 is 11.1 Å². The minimum absolute atomic E-state index is 0.819. The van der Waals surface area contributed by atoms with Crippen LogP contribution in [0.2, 0.25) is 0 Å². The third-order valence-electron chi connectivity index (χ3n) is 1.25. The van der Waals surface area contributed by atoms with Crippen molar-refractivity contribution in [3.8, 4) is 0 Å². The molecule has 0 aliphatic carbocycles. The molecule has 1 aliphatic rings. The van der Waals surface area contributed by atoms with E-state index in [4.69, 9.17) is 5.73 Å². The van der Waals surface area contributed by atoms with Gasteiger partial charge in [0.05, 0.1) is 0 Å². The molecule has 0 atom stereocenters. The molecule has 2 heteroatoms. The van der Waals surface area contributed by atoms with E-state index in [9.17, 15) is 0 Å². The largest absolute Gasteiger partial charge is 0.330 e. The van der Waals surface area contributed by atoms with Crippen LogP contribution in [-0.4, -0.2) is 19.6 Å². The third kappa shape index (κ3) is 7.92. The topological polar surface area (TPSA) is 38.0 Å². The van der Waals surface area contributed by atoms with Crippen LogP contribution in [0.4, 0.5) is 0 Å². The molecule has 0 saturated carbocycles. The summed E-state index contributed by atoms with van der Waals surface area (Å²) in [6.07, 6.45) is 3.88. The molecule has 1 aliphatic heterocycles. The molecule has 0 aromatic heterocycles. The Labute approximate surface area is 57.8 Å². The highest BCUT2D eigenvalue weighted by Crippen LogP contribution is 1.90. The van der Waals surface area contributed by atoms with Gasteiger partial charge in [-0.2, -0.15) is 0 Å². The van der Waals surface area contributed by atoms with Gasteiger partial charge in [0.25, 0.3) is 0 Å². The Morgan fingerprint density at radius 3 is 1.89 bits per heavy atom. The summed E-state index contributed by atoms with van der Waals surface area (Å²) in [6.45, 7) is 5.38. The standard InChI is InChI=1S/C4H9N.C3H9N/c1-2-4-5-3-1;1-2-3-4/h5H,1-4H2;2-4H2,1H3. The normalized spacial score (nSPS) is 16.7. The van der Waals surface area contributed by atoms with Crippen molar-refractivity contribution in [2.45, 2.75) is 26.2 Å². The van der Waals surface area contributed by atoms with Crippen LogP contribution in [0.25, 0.3) is 0 Å². The monoisotopic (exact) mass is 130 g/mol. The molecule has 3 N–H and O–H groups in total. The molecule has 0 bridgehead atoms. The summed E-state index contributed by atoms with van der Waals surface area (Å²) in [6, 6.07) is 0. The van der Waals surface area contributed by atoms with Crippen LogP contribution in [-0.2, 0) is 0 Å². The van der Waals surface area contributed by atoms with Crippen LogP contribution in [0.5, 0.6) is 0 Å². The lowest BCUT2D eigenvalue weighted by molar-refractivity contribution is 0.857. The van der Waals surface area contributed by atoms with Crippen LogP contribution >= 0.6 is 0 Å². The SMILES string of the molecule is C1CCNC1.CCCN. The van der Waals surface area contributed by atoms with Gasteiger partial charge in [0.1, 0.15) is 0 Å². The molecular weight excluding hydrogens is 112 g/mol. The van der Waals surface area contributed by atoms with Crippen molar-refractivity contribution in [3.05, 3.63) is 0 Å². The van der Waals surface area contributed by atoms with Crippen LogP contribution in [0.15, 0.2) is 0 Å². The van der Waals surface area contributed by atoms with E-state index in [1.54, 1.807) is 0 Å². The van der Waals surface area contributed by atoms with E-state index in [2.05, 4.69) is 12.2 Å². The summed E-state index contributed by atoms with van der Waals surface area (Å²) in [4.78, 5) is 0. The van der Waals surface area contributed by atoms with E-state index in [-0.39, 0.29) is 0 Å². The Balaban J connectivity index is 0.000000148. The summed E-state index contributed by atoms with van der Waals surface area (Å²) in [5.74, 6) is 0. The first-order valence-electron chi connectivity index (χ1n) is 3.82. The van der Waals surface area contributed by atoms with Crippen molar-refractivity contribution in [2.75, 3.05) is 19.6 Å². The molecule has 9 heavy (non-hydrogen) atoms. The van der Waals surface area contributed by atoms with Crippen molar-refractivity contribution < 1.29 is 0 Å². The summed E-state index contributed by atoms with van der Waals surface area (Å²) < 4.78 is 0. The predicted octanol–water partition coefficient (Wildman–Crippen LogP) is 0.725. The second kappa shape index (κ2) is 7.92. The zero-order valence-electron chi connectivity index (χ0n) is 6.32. The third-order valence-corrected chi connectivity index (χ3v) is 1.25. The predicted molar refractivity (Wildman–Crippen MR) is 41.4 cm³/mol. The lowest BCUT2D eigenvalue weighted by atomic mass is 10.4. The smallest absolute Gasteiger partial charge is 0.00484 e. The molecular formula is C7H18N2. The molecule has 0 amide bonds. The molecule has 0 unspecified atom stereocenters. The van der Waals surface area contributed by atoms with E-state index < -0.39 is 0 Å². The Morgan fingerprint density at radius 2 is 1.78 bits per heavy atom. The average Bonchev–Trinajstić information content (AvgIpc) is 2.43. The number of rotatable bonds is 1. The average molecular weight is 130 g/mol. The van der Waals surface area contributed by atoms with E-state index in [0.717, 1.165) is 13.0 Å². The van der Waals surface area contributed by atoms with Crippen molar-refractivity contribution in [3.63, 3.8) is 0 Å². The fourth-order valence-electron chi connectivity index (χ4n) is 0.625. The fourth-order valence-corrected chi connectivity index (χ4v) is 0.625. The van der Waals surface area contributed by atoms with Crippen LogP contribution in [0.3, 0.4) is 0 Å². The Kier molecular flexibility index (Phi) is 7.85. The quantitative estimate of drug-likeness (QED) is 0.549. The van der Waals surface area contributed by atoms with Gasteiger partial charge in [0.2, 0.25) is 0 Å². The highest BCUT2D eigenvalue weighted by atomic mass is 14.9. The number of hydrogen-bond acceptors (Lipinski definition) is 2. The van der Waals surface area contributed by atoms with Gasteiger partial charge in [-0.3, -0.25) is 0 Å². The first-order chi connectivity index (χ1) is 4.41. The van der Waals surface area contributed by atoms with Gasteiger partial charge in [0, 0.05) is 0 Å². The summed E-state index contributed by atoms with van der Waals surface area (Å²) in [5.41, 5.74) is 5.03. The molecule has 1 rings (SSSR count). The lowest BCUT2D eigenvalue weighted by Crippen LogP contribution is -2.03. The van der Waals surface area contributed by atoms with Crippen LogP contribution in [0, 0.1) is 0 Å². The fraction of sp³-hybridized carbons (Fsp3) is 1.00. The first kappa shape index (κ1) is 8.92. The maximum absolute atomic E-state index is 5.03. The highest BCUT2D eigenvalue weighted by Gasteiger charge is 1.93. The van der Waals surface area contributed by atoms with E-state index in [0.29, 0.717) is 0 Å². The number of hydrogen-bond donors (Lipinski definition) is 2. The van der Waals surface area contributed by atoms with Crippen molar-refractivity contribution in [2.24, 2.45) is 5.73 Å². The van der Waals surface area contributed by atoms with Gasteiger partial charge >= 0.3 is 0 Å². The number of nitrogens with one attached hydrogen (secondary N) is 1. The number of nitrogens with two attached hydrogens (primary N) is 1. The Morgan fingerprint density at radius 1 is 1.33 bits per heavy atom. The van der Waals surface area contributed by atoms with Gasteiger partial charge in [-0.15, -0.1) is 0 Å². The minimum atomic E-state index is 0.819. The zero-order chi connectivity index (χ0) is 6.95. The Hall–Kier alpha value is -0.0800. The van der Waals surface area contributed by atoms with E-state index in [1.165, 1.54) is 25.9 Å². The van der Waals surface area contributed by atoms with Gasteiger partial charge in [0.15, 0.2) is 0 Å². The maximum atomic E-state index is 5.03. The summed E-state index contributed by atoms with van der Waals surface area (Å²) in [5, 5.41) is 3.22. The molecule has 0 spiro atoms. The zero-order valence-corrected chi connectivity index (χ0v) is 6.32. The molecule has 56 valence electrons. The molecule has 0 aromatic rings. The first-order valence-corrected chi connectivity index (χ1v) is 3.82. The van der Waals surface area contributed by atoms with Gasteiger partial charge in [-0.1, -0.05) is 6.92 Å².